The minimum atomic E-state index is 0.578. The predicted octanol–water partition coefficient (Wildman–Crippen LogP) is 8.43. The summed E-state index contributed by atoms with van der Waals surface area (Å²) in [6, 6.07) is 38.6. The fourth-order valence-electron chi connectivity index (χ4n) is 5.52. The van der Waals surface area contributed by atoms with E-state index < -0.39 is 0 Å². The second-order valence-electron chi connectivity index (χ2n) is 9.47. The number of hydrogen-bond donors (Lipinski definition) is 0. The smallest absolute Gasteiger partial charge is 0.246 e. The van der Waals surface area contributed by atoms with Crippen LogP contribution in [0.1, 0.15) is 11.1 Å². The van der Waals surface area contributed by atoms with Crippen LogP contribution in [0.2, 0.25) is 0 Å². The molecule has 0 N–H and O–H groups in total. The average Bonchev–Trinajstić information content (AvgIpc) is 3.48. The monoisotopic (exact) mass is 460 g/mol. The third-order valence-electron chi connectivity index (χ3n) is 7.30. The van der Waals surface area contributed by atoms with E-state index in [1.165, 1.54) is 38.9 Å². The van der Waals surface area contributed by atoms with Crippen LogP contribution >= 0.6 is 0 Å². The van der Waals surface area contributed by atoms with Gasteiger partial charge in [0.05, 0.1) is 11.0 Å². The van der Waals surface area contributed by atoms with Crippen molar-refractivity contribution in [2.24, 2.45) is 0 Å². The highest BCUT2D eigenvalue weighted by atomic mass is 16.3. The van der Waals surface area contributed by atoms with E-state index in [9.17, 15) is 0 Å². The quantitative estimate of drug-likeness (QED) is 0.260. The first-order valence-corrected chi connectivity index (χ1v) is 12.2. The maximum atomic E-state index is 6.04. The fraction of sp³-hybridized carbons (Fsp3) is 0.0303. The molecule has 0 saturated carbocycles. The van der Waals surface area contributed by atoms with Gasteiger partial charge in [-0.15, -0.1) is 0 Å². The summed E-state index contributed by atoms with van der Waals surface area (Å²) in [6.07, 6.45) is 0.999. The topological polar surface area (TPSA) is 38.9 Å². The van der Waals surface area contributed by atoms with Crippen LogP contribution in [0.4, 0.5) is 0 Å². The Morgan fingerprint density at radius 2 is 1.22 bits per heavy atom. The largest absolute Gasteiger partial charge is 0.436 e. The first-order valence-electron chi connectivity index (χ1n) is 12.2. The molecule has 0 spiro atoms. The van der Waals surface area contributed by atoms with E-state index in [1.54, 1.807) is 0 Å². The van der Waals surface area contributed by atoms with Gasteiger partial charge >= 0.3 is 0 Å². The number of para-hydroxylation sites is 2. The molecule has 36 heavy (non-hydrogen) atoms. The summed E-state index contributed by atoms with van der Waals surface area (Å²) in [5.41, 5.74) is 14.2. The highest BCUT2D eigenvalue weighted by molar-refractivity contribution is 6.05. The Morgan fingerprint density at radius 1 is 0.528 bits per heavy atom. The molecule has 0 fully saturated rings. The lowest BCUT2D eigenvalue weighted by Crippen LogP contribution is -1.85. The summed E-state index contributed by atoms with van der Waals surface area (Å²) in [4.78, 5) is 9.55. The van der Waals surface area contributed by atoms with E-state index in [0.29, 0.717) is 5.71 Å². The first-order chi connectivity index (χ1) is 17.8. The van der Waals surface area contributed by atoms with Crippen LogP contribution in [-0.4, -0.2) is 9.97 Å². The molecular formula is C33H20N2O. The van der Waals surface area contributed by atoms with Crippen molar-refractivity contribution in [2.75, 3.05) is 0 Å². The van der Waals surface area contributed by atoms with Gasteiger partial charge in [0.2, 0.25) is 5.71 Å². The highest BCUT2D eigenvalue weighted by Crippen LogP contribution is 2.39. The lowest BCUT2D eigenvalue weighted by atomic mass is 9.96. The zero-order chi connectivity index (χ0) is 23.6. The standard InChI is InChI=1S/C33H20N2O/c1-2-9-26-24(6-1)18-25-17-22(12-14-27(25)26)20-7-5-8-21(16-20)23-13-15-31-28(19-23)32-33(36-31)35-30-11-4-3-10-29(30)34-32/h1-17,19H,18H2. The van der Waals surface area contributed by atoms with E-state index >= 15 is 0 Å². The van der Waals surface area contributed by atoms with Crippen molar-refractivity contribution in [1.82, 2.24) is 9.97 Å². The lowest BCUT2D eigenvalue weighted by Gasteiger charge is -2.09. The molecule has 0 amide bonds. The SMILES string of the molecule is c1cc(-c2ccc3c(c2)Cc2ccccc2-3)cc(-c2ccc3oc4nc5ccccc5nc4c3c2)c1. The van der Waals surface area contributed by atoms with Gasteiger partial charge < -0.3 is 4.42 Å². The van der Waals surface area contributed by atoms with Crippen LogP contribution in [0, 0.1) is 0 Å². The zero-order valence-electron chi connectivity index (χ0n) is 19.4. The second kappa shape index (κ2) is 7.37. The van der Waals surface area contributed by atoms with Crippen LogP contribution in [-0.2, 0) is 6.42 Å². The maximum absolute atomic E-state index is 6.04. The summed E-state index contributed by atoms with van der Waals surface area (Å²) < 4.78 is 6.04. The maximum Gasteiger partial charge on any atom is 0.246 e. The van der Waals surface area contributed by atoms with Gasteiger partial charge in [-0.1, -0.05) is 78.9 Å². The second-order valence-corrected chi connectivity index (χ2v) is 9.47. The molecule has 2 aromatic heterocycles. The van der Waals surface area contributed by atoms with Crippen molar-refractivity contribution in [3.63, 3.8) is 0 Å². The van der Waals surface area contributed by atoms with E-state index in [4.69, 9.17) is 9.40 Å². The number of rotatable bonds is 2. The zero-order valence-corrected chi connectivity index (χ0v) is 19.4. The van der Waals surface area contributed by atoms with Gasteiger partial charge in [0.1, 0.15) is 11.1 Å². The number of fused-ring (bicyclic) bond motifs is 7. The first kappa shape index (κ1) is 19.5. The van der Waals surface area contributed by atoms with Crippen LogP contribution in [0.3, 0.4) is 0 Å². The van der Waals surface area contributed by atoms with Crippen LogP contribution < -0.4 is 0 Å². The minimum absolute atomic E-state index is 0.578. The van der Waals surface area contributed by atoms with Crippen molar-refractivity contribution < 1.29 is 4.42 Å². The number of nitrogens with zero attached hydrogens (tertiary/aromatic N) is 2. The molecule has 0 bridgehead atoms. The van der Waals surface area contributed by atoms with Crippen molar-refractivity contribution >= 4 is 33.2 Å². The number of aromatic nitrogens is 2. The molecule has 1 aliphatic rings. The molecule has 168 valence electrons. The van der Waals surface area contributed by atoms with Crippen LogP contribution in [0.25, 0.3) is 66.6 Å². The molecule has 0 unspecified atom stereocenters. The van der Waals surface area contributed by atoms with Crippen LogP contribution in [0.5, 0.6) is 0 Å². The molecule has 7 aromatic rings. The van der Waals surface area contributed by atoms with E-state index in [2.05, 4.69) is 83.8 Å². The minimum Gasteiger partial charge on any atom is -0.436 e. The highest BCUT2D eigenvalue weighted by Gasteiger charge is 2.18. The molecule has 0 atom stereocenters. The van der Waals surface area contributed by atoms with E-state index in [-0.39, 0.29) is 0 Å². The number of benzene rings is 5. The van der Waals surface area contributed by atoms with Crippen molar-refractivity contribution in [2.45, 2.75) is 6.42 Å². The summed E-state index contributed by atoms with van der Waals surface area (Å²) in [5, 5.41) is 0.987. The molecule has 0 radical (unpaired) electrons. The molecule has 0 aliphatic heterocycles. The number of furan rings is 1. The molecular weight excluding hydrogens is 440 g/mol. The van der Waals surface area contributed by atoms with Gasteiger partial charge in [-0.05, 0) is 81.3 Å². The Kier molecular flexibility index (Phi) is 4.00. The van der Waals surface area contributed by atoms with Crippen molar-refractivity contribution in [1.29, 1.82) is 0 Å². The van der Waals surface area contributed by atoms with E-state index in [1.807, 2.05) is 30.3 Å². The van der Waals surface area contributed by atoms with Gasteiger partial charge in [0.15, 0.2) is 0 Å². The normalized spacial score (nSPS) is 12.3. The molecule has 2 heterocycles. The Morgan fingerprint density at radius 3 is 2.11 bits per heavy atom. The Hall–Kier alpha value is -4.76. The Balaban J connectivity index is 1.22. The number of hydrogen-bond acceptors (Lipinski definition) is 3. The van der Waals surface area contributed by atoms with Gasteiger partial charge in [-0.3, -0.25) is 0 Å². The third-order valence-corrected chi connectivity index (χ3v) is 7.30. The predicted molar refractivity (Wildman–Crippen MR) is 146 cm³/mol. The van der Waals surface area contributed by atoms with Crippen molar-refractivity contribution in [3.8, 4) is 33.4 Å². The molecule has 5 aromatic carbocycles. The molecule has 8 rings (SSSR count). The van der Waals surface area contributed by atoms with Gasteiger partial charge in [0, 0.05) is 5.39 Å². The van der Waals surface area contributed by atoms with Crippen molar-refractivity contribution in [3.05, 3.63) is 120 Å². The molecule has 3 heteroatoms. The summed E-state index contributed by atoms with van der Waals surface area (Å²) >= 11 is 0. The third kappa shape index (κ3) is 2.93. The Bertz CT molecular complexity index is 1980. The molecule has 0 saturated heterocycles. The average molecular weight is 461 g/mol. The Labute approximate surface area is 207 Å². The fourth-order valence-corrected chi connectivity index (χ4v) is 5.52. The molecule has 3 nitrogen and oxygen atoms in total. The molecule has 1 aliphatic carbocycles. The van der Waals surface area contributed by atoms with Gasteiger partial charge in [-0.2, -0.15) is 0 Å². The van der Waals surface area contributed by atoms with E-state index in [0.717, 1.165) is 39.5 Å². The lowest BCUT2D eigenvalue weighted by molar-refractivity contribution is 0.655. The van der Waals surface area contributed by atoms with Gasteiger partial charge in [-0.25, -0.2) is 9.97 Å². The summed E-state index contributed by atoms with van der Waals surface area (Å²) in [7, 11) is 0. The summed E-state index contributed by atoms with van der Waals surface area (Å²) in [6.45, 7) is 0. The van der Waals surface area contributed by atoms with Crippen LogP contribution in [0.15, 0.2) is 114 Å². The summed E-state index contributed by atoms with van der Waals surface area (Å²) in [5.74, 6) is 0. The van der Waals surface area contributed by atoms with Gasteiger partial charge in [0.25, 0.3) is 0 Å².